The van der Waals surface area contributed by atoms with Crippen LogP contribution in [0.2, 0.25) is 0 Å². The molecule has 1 saturated carbocycles. The molecule has 1 aromatic heterocycles. The molecule has 2 aliphatic rings. The first-order chi connectivity index (χ1) is 11.8. The minimum Gasteiger partial charge on any atom is -0.341 e. The first kappa shape index (κ1) is 17.0. The van der Waals surface area contributed by atoms with Crippen LogP contribution in [0, 0.1) is 0 Å². The van der Waals surface area contributed by atoms with Gasteiger partial charge in [0.2, 0.25) is 5.95 Å². The second-order valence-corrected chi connectivity index (χ2v) is 6.97. The summed E-state index contributed by atoms with van der Waals surface area (Å²) < 4.78 is 0. The van der Waals surface area contributed by atoms with Crippen molar-refractivity contribution in [3.63, 3.8) is 0 Å². The Morgan fingerprint density at radius 3 is 2.04 bits per heavy atom. The molecule has 6 nitrogen and oxygen atoms in total. The van der Waals surface area contributed by atoms with Gasteiger partial charge in [-0.25, -0.2) is 14.8 Å². The minimum absolute atomic E-state index is 0.00924. The third kappa shape index (κ3) is 5.08. The van der Waals surface area contributed by atoms with Crippen LogP contribution in [-0.2, 0) is 0 Å². The summed E-state index contributed by atoms with van der Waals surface area (Å²) in [6, 6.07) is 2.44. The number of aromatic nitrogens is 2. The number of carbonyl (C=O) groups is 1. The van der Waals surface area contributed by atoms with Crippen LogP contribution in [0.1, 0.15) is 57.8 Å². The van der Waals surface area contributed by atoms with Gasteiger partial charge < -0.3 is 15.5 Å². The van der Waals surface area contributed by atoms with Crippen molar-refractivity contribution in [1.29, 1.82) is 0 Å². The smallest absolute Gasteiger partial charge is 0.315 e. The molecule has 1 aliphatic heterocycles. The molecule has 2 N–H and O–H groups in total. The van der Waals surface area contributed by atoms with Gasteiger partial charge in [0.1, 0.15) is 0 Å². The number of urea groups is 1. The second kappa shape index (κ2) is 8.85. The fraction of sp³-hybridized carbons (Fsp3) is 0.722. The van der Waals surface area contributed by atoms with Crippen molar-refractivity contribution in [3.05, 3.63) is 18.5 Å². The molecule has 0 atom stereocenters. The van der Waals surface area contributed by atoms with Gasteiger partial charge in [0.25, 0.3) is 0 Å². The maximum atomic E-state index is 12.3. The van der Waals surface area contributed by atoms with Crippen LogP contribution in [-0.4, -0.2) is 41.2 Å². The van der Waals surface area contributed by atoms with Crippen LogP contribution in [0.15, 0.2) is 18.5 Å². The maximum Gasteiger partial charge on any atom is 0.315 e. The molecule has 0 unspecified atom stereocenters. The molecule has 132 valence electrons. The average molecular weight is 331 g/mol. The van der Waals surface area contributed by atoms with Gasteiger partial charge in [-0.15, -0.1) is 0 Å². The van der Waals surface area contributed by atoms with E-state index in [9.17, 15) is 4.79 Å². The zero-order chi connectivity index (χ0) is 16.6. The molecule has 1 aliphatic carbocycles. The van der Waals surface area contributed by atoms with E-state index in [-0.39, 0.29) is 12.1 Å². The van der Waals surface area contributed by atoms with Gasteiger partial charge in [0.05, 0.1) is 0 Å². The van der Waals surface area contributed by atoms with E-state index in [0.717, 1.165) is 44.7 Å². The lowest BCUT2D eigenvalue weighted by Gasteiger charge is -2.32. The SMILES string of the molecule is O=C(NC1CCCCCCC1)NC1CCN(c2ncccn2)CC1. The monoisotopic (exact) mass is 331 g/mol. The average Bonchev–Trinajstić information content (AvgIpc) is 2.59. The van der Waals surface area contributed by atoms with Gasteiger partial charge >= 0.3 is 6.03 Å². The highest BCUT2D eigenvalue weighted by Crippen LogP contribution is 2.18. The number of hydrogen-bond donors (Lipinski definition) is 2. The normalized spacial score (nSPS) is 20.9. The fourth-order valence-corrected chi connectivity index (χ4v) is 3.69. The lowest BCUT2D eigenvalue weighted by molar-refractivity contribution is 0.227. The molecule has 24 heavy (non-hydrogen) atoms. The largest absolute Gasteiger partial charge is 0.341 e. The van der Waals surface area contributed by atoms with Crippen molar-refractivity contribution >= 4 is 12.0 Å². The molecule has 0 radical (unpaired) electrons. The van der Waals surface area contributed by atoms with Crippen LogP contribution >= 0.6 is 0 Å². The van der Waals surface area contributed by atoms with Crippen molar-refractivity contribution < 1.29 is 4.79 Å². The summed E-state index contributed by atoms with van der Waals surface area (Å²) in [5.74, 6) is 0.787. The summed E-state index contributed by atoms with van der Waals surface area (Å²) in [5, 5.41) is 6.35. The highest BCUT2D eigenvalue weighted by atomic mass is 16.2. The van der Waals surface area contributed by atoms with Crippen molar-refractivity contribution in [2.75, 3.05) is 18.0 Å². The van der Waals surface area contributed by atoms with E-state index in [1.54, 1.807) is 12.4 Å². The molecule has 0 spiro atoms. The second-order valence-electron chi connectivity index (χ2n) is 6.97. The van der Waals surface area contributed by atoms with Gasteiger partial charge in [-0.3, -0.25) is 0 Å². The highest BCUT2D eigenvalue weighted by Gasteiger charge is 2.23. The number of rotatable bonds is 3. The standard InChI is InChI=1S/C18H29N5O/c24-18(21-15-7-4-2-1-3-5-8-15)22-16-9-13-23(14-10-16)17-19-11-6-12-20-17/h6,11-12,15-16H,1-5,7-10,13-14H2,(H2,21,22,24). The first-order valence-electron chi connectivity index (χ1n) is 9.40. The molecule has 0 aromatic carbocycles. The first-order valence-corrected chi connectivity index (χ1v) is 9.40. The van der Waals surface area contributed by atoms with Gasteiger partial charge in [-0.05, 0) is 31.7 Å². The molecule has 1 aromatic rings. The number of carbonyl (C=O) groups excluding carboxylic acids is 1. The van der Waals surface area contributed by atoms with Crippen molar-refractivity contribution in [2.45, 2.75) is 69.9 Å². The summed E-state index contributed by atoms with van der Waals surface area (Å²) >= 11 is 0. The summed E-state index contributed by atoms with van der Waals surface area (Å²) in [5.41, 5.74) is 0. The molecule has 6 heteroatoms. The number of piperidine rings is 1. The van der Waals surface area contributed by atoms with Gasteiger partial charge in [-0.1, -0.05) is 32.1 Å². The fourth-order valence-electron chi connectivity index (χ4n) is 3.69. The number of hydrogen-bond acceptors (Lipinski definition) is 4. The summed E-state index contributed by atoms with van der Waals surface area (Å²) in [6.45, 7) is 1.77. The molecule has 2 fully saturated rings. The van der Waals surface area contributed by atoms with E-state index < -0.39 is 0 Å². The Labute approximate surface area is 144 Å². The predicted molar refractivity (Wildman–Crippen MR) is 95.0 cm³/mol. The lowest BCUT2D eigenvalue weighted by atomic mass is 9.97. The molecule has 2 heterocycles. The van der Waals surface area contributed by atoms with Gasteiger partial charge in [0, 0.05) is 37.6 Å². The topological polar surface area (TPSA) is 70.2 Å². The number of amides is 2. The third-order valence-electron chi connectivity index (χ3n) is 5.11. The summed E-state index contributed by atoms with van der Waals surface area (Å²) in [6.07, 6.45) is 14.1. The minimum atomic E-state index is 0.00924. The van der Waals surface area contributed by atoms with E-state index in [1.165, 1.54) is 32.1 Å². The molecular weight excluding hydrogens is 302 g/mol. The Bertz CT molecular complexity index is 493. The maximum absolute atomic E-state index is 12.3. The molecule has 0 bridgehead atoms. The van der Waals surface area contributed by atoms with E-state index >= 15 is 0 Å². The number of nitrogens with zero attached hydrogens (tertiary/aromatic N) is 3. The summed E-state index contributed by atoms with van der Waals surface area (Å²) in [4.78, 5) is 23.0. The Morgan fingerprint density at radius 1 is 0.875 bits per heavy atom. The molecule has 1 saturated heterocycles. The number of anilines is 1. The van der Waals surface area contributed by atoms with E-state index in [2.05, 4.69) is 25.5 Å². The number of nitrogens with one attached hydrogen (secondary N) is 2. The van der Waals surface area contributed by atoms with E-state index in [0.29, 0.717) is 6.04 Å². The van der Waals surface area contributed by atoms with E-state index in [4.69, 9.17) is 0 Å². The van der Waals surface area contributed by atoms with Crippen molar-refractivity contribution in [2.24, 2.45) is 0 Å². The van der Waals surface area contributed by atoms with Crippen LogP contribution in [0.5, 0.6) is 0 Å². The third-order valence-corrected chi connectivity index (χ3v) is 5.11. The highest BCUT2D eigenvalue weighted by molar-refractivity contribution is 5.74. The zero-order valence-electron chi connectivity index (χ0n) is 14.4. The van der Waals surface area contributed by atoms with Gasteiger partial charge in [-0.2, -0.15) is 0 Å². The summed E-state index contributed by atoms with van der Waals surface area (Å²) in [7, 11) is 0. The van der Waals surface area contributed by atoms with Crippen LogP contribution in [0.4, 0.5) is 10.7 Å². The Hall–Kier alpha value is -1.85. The zero-order valence-corrected chi connectivity index (χ0v) is 14.4. The molecule has 2 amide bonds. The van der Waals surface area contributed by atoms with Crippen LogP contribution in [0.3, 0.4) is 0 Å². The Morgan fingerprint density at radius 2 is 1.42 bits per heavy atom. The molecule has 3 rings (SSSR count). The molecular formula is C18H29N5O. The quantitative estimate of drug-likeness (QED) is 0.893. The van der Waals surface area contributed by atoms with Gasteiger partial charge in [0.15, 0.2) is 0 Å². The van der Waals surface area contributed by atoms with E-state index in [1.807, 2.05) is 6.07 Å². The van der Waals surface area contributed by atoms with Crippen LogP contribution < -0.4 is 15.5 Å². The van der Waals surface area contributed by atoms with Crippen molar-refractivity contribution in [3.8, 4) is 0 Å². The van der Waals surface area contributed by atoms with Crippen LogP contribution in [0.25, 0.3) is 0 Å². The lowest BCUT2D eigenvalue weighted by Crippen LogP contribution is -2.50. The predicted octanol–water partition coefficient (Wildman–Crippen LogP) is 2.86. The Balaban J connectivity index is 1.39. The van der Waals surface area contributed by atoms with Crippen molar-refractivity contribution in [1.82, 2.24) is 20.6 Å². The Kier molecular flexibility index (Phi) is 6.26.